The van der Waals surface area contributed by atoms with E-state index in [4.69, 9.17) is 20.9 Å². The first kappa shape index (κ1) is 19.6. The third-order valence-electron chi connectivity index (χ3n) is 6.58. The molecule has 0 bridgehead atoms. The number of hydrogen-bond acceptors (Lipinski definition) is 9. The summed E-state index contributed by atoms with van der Waals surface area (Å²) in [6, 6.07) is 6.97. The second kappa shape index (κ2) is 6.56. The minimum Gasteiger partial charge on any atom is -0.449 e. The average Bonchev–Trinajstić information content (AvgIpc) is 3.34. The van der Waals surface area contributed by atoms with Gasteiger partial charge in [0.05, 0.1) is 23.4 Å². The largest absolute Gasteiger partial charge is 0.449 e. The molecule has 0 saturated carbocycles. The molecule has 0 radical (unpaired) electrons. The zero-order valence-corrected chi connectivity index (χ0v) is 17.1. The van der Waals surface area contributed by atoms with Gasteiger partial charge >= 0.3 is 6.09 Å². The minimum absolute atomic E-state index is 0.0872. The topological polar surface area (TPSA) is 159 Å². The number of nitrogens with one attached hydrogen (secondary N) is 2. The van der Waals surface area contributed by atoms with Gasteiger partial charge in [-0.15, -0.1) is 0 Å². The van der Waals surface area contributed by atoms with Gasteiger partial charge in [-0.3, -0.25) is 9.59 Å². The van der Waals surface area contributed by atoms with E-state index in [9.17, 15) is 14.4 Å². The highest BCUT2D eigenvalue weighted by Crippen LogP contribution is 2.55. The van der Waals surface area contributed by atoms with Crippen LogP contribution in [0.25, 0.3) is 0 Å². The molecule has 1 unspecified atom stereocenters. The molecule has 1 aromatic rings. The first-order valence-electron chi connectivity index (χ1n) is 9.97. The molecule has 1 amide bonds. The number of amides is 1. The van der Waals surface area contributed by atoms with Crippen LogP contribution >= 0.6 is 0 Å². The lowest BCUT2D eigenvalue weighted by molar-refractivity contribution is -0.137. The van der Waals surface area contributed by atoms with Crippen LogP contribution < -0.4 is 22.1 Å². The number of nitrogens with zero attached hydrogens (tertiary/aromatic N) is 1. The van der Waals surface area contributed by atoms with Crippen LogP contribution in [0.2, 0.25) is 0 Å². The standard InChI is InChI=1S/C21H23N5O5/c1-9-15(24-11-5-3-4-10(22)6-11)18(28)14-12(8-31-20(23)29)21(30-2)19-13(25-19)7-26(21)16(14)17(9)27/h3-6,12-13,19,24-25H,7-8,22H2,1-2H3,(H2,23,29)/t12-,13+,19+,21?/m0/s1. The van der Waals surface area contributed by atoms with Gasteiger partial charge in [0.15, 0.2) is 5.72 Å². The number of fused-ring (bicyclic) bond motifs is 4. The summed E-state index contributed by atoms with van der Waals surface area (Å²) in [5.41, 5.74) is 12.2. The van der Waals surface area contributed by atoms with Crippen molar-refractivity contribution in [2.24, 2.45) is 11.7 Å². The van der Waals surface area contributed by atoms with E-state index in [0.29, 0.717) is 29.2 Å². The lowest BCUT2D eigenvalue weighted by Gasteiger charge is -2.39. The Hall–Kier alpha value is -3.37. The van der Waals surface area contributed by atoms with Gasteiger partial charge in [0.1, 0.15) is 6.61 Å². The molecule has 0 aromatic heterocycles. The summed E-state index contributed by atoms with van der Waals surface area (Å²) in [6.07, 6.45) is -0.954. The van der Waals surface area contributed by atoms with E-state index in [2.05, 4.69) is 10.6 Å². The Morgan fingerprint density at radius 2 is 2.13 bits per heavy atom. The number of primary amides is 1. The Morgan fingerprint density at radius 1 is 1.35 bits per heavy atom. The van der Waals surface area contributed by atoms with E-state index in [-0.39, 0.29) is 41.5 Å². The molecule has 31 heavy (non-hydrogen) atoms. The Bertz CT molecular complexity index is 1100. The number of ketones is 2. The molecule has 4 atom stereocenters. The number of carbonyl (C=O) groups is 3. The maximum Gasteiger partial charge on any atom is 0.404 e. The summed E-state index contributed by atoms with van der Waals surface area (Å²) >= 11 is 0. The van der Waals surface area contributed by atoms with Crippen molar-refractivity contribution < 1.29 is 23.9 Å². The Balaban J connectivity index is 1.57. The molecule has 2 saturated heterocycles. The molecular weight excluding hydrogens is 402 g/mol. The van der Waals surface area contributed by atoms with Crippen molar-refractivity contribution in [2.75, 3.05) is 31.3 Å². The molecule has 1 aliphatic carbocycles. The average molecular weight is 425 g/mol. The fraction of sp³-hybridized carbons (Fsp3) is 0.381. The van der Waals surface area contributed by atoms with Gasteiger partial charge in [-0.05, 0) is 25.1 Å². The molecule has 4 aliphatic rings. The van der Waals surface area contributed by atoms with Gasteiger partial charge in [0.2, 0.25) is 11.6 Å². The van der Waals surface area contributed by atoms with E-state index >= 15 is 0 Å². The number of anilines is 2. The summed E-state index contributed by atoms with van der Waals surface area (Å²) in [7, 11) is 1.53. The highest BCUT2D eigenvalue weighted by atomic mass is 16.6. The van der Waals surface area contributed by atoms with Crippen LogP contribution in [0.5, 0.6) is 0 Å². The van der Waals surface area contributed by atoms with Gasteiger partial charge in [0.25, 0.3) is 0 Å². The summed E-state index contributed by atoms with van der Waals surface area (Å²) in [6.45, 7) is 1.97. The first-order valence-corrected chi connectivity index (χ1v) is 9.97. The maximum atomic E-state index is 13.7. The smallest absolute Gasteiger partial charge is 0.404 e. The van der Waals surface area contributed by atoms with E-state index in [1.807, 2.05) is 4.90 Å². The highest BCUT2D eigenvalue weighted by molar-refractivity contribution is 6.26. The second-order valence-corrected chi connectivity index (χ2v) is 8.17. The van der Waals surface area contributed by atoms with Gasteiger partial charge in [0, 0.05) is 42.2 Å². The van der Waals surface area contributed by atoms with E-state index < -0.39 is 17.7 Å². The van der Waals surface area contributed by atoms with Crippen LogP contribution in [0.1, 0.15) is 6.92 Å². The Morgan fingerprint density at radius 3 is 2.81 bits per heavy atom. The van der Waals surface area contributed by atoms with Gasteiger partial charge in [-0.2, -0.15) is 0 Å². The molecule has 162 valence electrons. The van der Waals surface area contributed by atoms with Gasteiger partial charge in [-0.25, -0.2) is 4.79 Å². The molecule has 10 nitrogen and oxygen atoms in total. The van der Waals surface area contributed by atoms with Crippen molar-refractivity contribution in [1.82, 2.24) is 10.2 Å². The number of hydrogen-bond donors (Lipinski definition) is 4. The third-order valence-corrected chi connectivity index (χ3v) is 6.58. The monoisotopic (exact) mass is 425 g/mol. The van der Waals surface area contributed by atoms with E-state index in [1.165, 1.54) is 7.11 Å². The molecule has 1 aromatic carbocycles. The Kier molecular flexibility index (Phi) is 4.15. The summed E-state index contributed by atoms with van der Waals surface area (Å²) < 4.78 is 11.1. The van der Waals surface area contributed by atoms with Crippen molar-refractivity contribution in [3.63, 3.8) is 0 Å². The number of benzene rings is 1. The number of nitrogen functional groups attached to an aromatic ring is 1. The number of allylic oxidation sites excluding steroid dienone is 2. The summed E-state index contributed by atoms with van der Waals surface area (Å²) in [5, 5.41) is 6.38. The zero-order valence-electron chi connectivity index (χ0n) is 17.1. The lowest BCUT2D eigenvalue weighted by Crippen LogP contribution is -2.55. The van der Waals surface area contributed by atoms with Crippen LogP contribution in [-0.4, -0.2) is 60.6 Å². The van der Waals surface area contributed by atoms with Crippen LogP contribution in [0.3, 0.4) is 0 Å². The van der Waals surface area contributed by atoms with E-state index in [0.717, 1.165) is 0 Å². The highest BCUT2D eigenvalue weighted by Gasteiger charge is 2.72. The SMILES string of the molecule is COC12[C@@H]3N[C@@H]3CN1C1=C(C(=O)C(Nc3cccc(N)c3)=C(C)C1=O)[C@@H]2COC(N)=O. The number of ether oxygens (including phenoxy) is 2. The van der Waals surface area contributed by atoms with Crippen LogP contribution in [-0.2, 0) is 19.1 Å². The molecule has 6 N–H and O–H groups in total. The molecule has 2 fully saturated rings. The van der Waals surface area contributed by atoms with Crippen molar-refractivity contribution in [3.05, 3.63) is 46.8 Å². The number of nitrogens with two attached hydrogens (primary N) is 2. The molecule has 3 heterocycles. The third kappa shape index (κ3) is 2.61. The van der Waals surface area contributed by atoms with Crippen LogP contribution in [0, 0.1) is 5.92 Å². The molecule has 10 heteroatoms. The predicted molar refractivity (Wildman–Crippen MR) is 110 cm³/mol. The molecule has 3 aliphatic heterocycles. The zero-order chi connectivity index (χ0) is 22.1. The normalized spacial score (nSPS) is 30.9. The number of carbonyl (C=O) groups excluding carboxylic acids is 3. The first-order chi connectivity index (χ1) is 14.8. The number of rotatable bonds is 5. The van der Waals surface area contributed by atoms with Crippen molar-refractivity contribution in [1.29, 1.82) is 0 Å². The van der Waals surface area contributed by atoms with Gasteiger partial charge < -0.3 is 36.5 Å². The van der Waals surface area contributed by atoms with Crippen molar-refractivity contribution >= 4 is 29.0 Å². The number of methoxy groups -OCH3 is 1. The fourth-order valence-corrected chi connectivity index (χ4v) is 5.20. The lowest BCUT2D eigenvalue weighted by atomic mass is 9.82. The fourth-order valence-electron chi connectivity index (χ4n) is 5.20. The minimum atomic E-state index is -0.997. The van der Waals surface area contributed by atoms with Gasteiger partial charge in [-0.1, -0.05) is 6.07 Å². The number of Topliss-reactive ketones (excluding diaryl/α,β-unsaturated/α-hetero) is 2. The predicted octanol–water partition coefficient (Wildman–Crippen LogP) is 0.0844. The Labute approximate surface area is 178 Å². The summed E-state index contributed by atoms with van der Waals surface area (Å²) in [5.74, 6) is -1.27. The summed E-state index contributed by atoms with van der Waals surface area (Å²) in [4.78, 5) is 40.3. The van der Waals surface area contributed by atoms with E-state index in [1.54, 1.807) is 31.2 Å². The maximum absolute atomic E-state index is 13.7. The van der Waals surface area contributed by atoms with Crippen LogP contribution in [0.4, 0.5) is 16.2 Å². The number of piperazine rings is 1. The molecule has 0 spiro atoms. The quantitative estimate of drug-likeness (QED) is 0.291. The van der Waals surface area contributed by atoms with Crippen LogP contribution in [0.15, 0.2) is 46.8 Å². The van der Waals surface area contributed by atoms with Crippen molar-refractivity contribution in [2.45, 2.75) is 24.7 Å². The van der Waals surface area contributed by atoms with Crippen molar-refractivity contribution in [3.8, 4) is 0 Å². The molecule has 5 rings (SSSR count). The second-order valence-electron chi connectivity index (χ2n) is 8.17. The molecular formula is C21H23N5O5.